The third-order valence-electron chi connectivity index (χ3n) is 13.8. The number of carboxylic acids is 2. The molecule has 81 heavy (non-hydrogen) atoms. The fourth-order valence-electron chi connectivity index (χ4n) is 9.44. The molecule has 11 amide bonds. The van der Waals surface area contributed by atoms with Crippen LogP contribution in [-0.4, -0.2) is 208 Å². The lowest BCUT2D eigenvalue weighted by Gasteiger charge is -2.30. The number of carbonyl (C=O) groups is 13. The molecule has 0 aromatic rings. The molecule has 454 valence electrons. The summed E-state index contributed by atoms with van der Waals surface area (Å²) in [7, 11) is 0. The van der Waals surface area contributed by atoms with Gasteiger partial charge in [0.2, 0.25) is 65.0 Å². The Balaban J connectivity index is 1.74. The van der Waals surface area contributed by atoms with E-state index >= 15 is 0 Å². The van der Waals surface area contributed by atoms with E-state index in [1.807, 2.05) is 0 Å². The summed E-state index contributed by atoms with van der Waals surface area (Å²) in [6, 6.07) is -12.5. The second-order valence-electron chi connectivity index (χ2n) is 21.1. The summed E-state index contributed by atoms with van der Waals surface area (Å²) < 4.78 is 0. The summed E-state index contributed by atoms with van der Waals surface area (Å²) in [6.07, 6.45) is 0.540. The maximum atomic E-state index is 14.2. The molecular weight excluding hydrogens is 1070 g/mol. The number of primary amides is 1. The van der Waals surface area contributed by atoms with Gasteiger partial charge < -0.3 is 90.2 Å². The van der Waals surface area contributed by atoms with Crippen LogP contribution < -0.4 is 65.1 Å². The molecule has 31 nitrogen and oxygen atoms in total. The summed E-state index contributed by atoms with van der Waals surface area (Å²) >= 11 is 0. The van der Waals surface area contributed by atoms with Crippen LogP contribution in [0.1, 0.15) is 118 Å². The molecule has 3 heterocycles. The lowest BCUT2D eigenvalue weighted by molar-refractivity contribution is -0.145. The van der Waals surface area contributed by atoms with Gasteiger partial charge in [-0.3, -0.25) is 62.5 Å². The van der Waals surface area contributed by atoms with Gasteiger partial charge in [-0.25, -0.2) is 4.79 Å². The van der Waals surface area contributed by atoms with Crippen molar-refractivity contribution in [3.8, 4) is 0 Å². The van der Waals surface area contributed by atoms with Crippen LogP contribution >= 0.6 is 0 Å². The fraction of sp³-hybridized carbons (Fsp3) is 0.720. The van der Waals surface area contributed by atoms with Crippen LogP contribution in [0, 0.1) is 11.8 Å². The number of hydrogen-bond donors (Lipinski definition) is 15. The molecular formula is C50H83N15O16. The van der Waals surface area contributed by atoms with Crippen molar-refractivity contribution in [2.45, 2.75) is 179 Å². The molecule has 18 N–H and O–H groups in total. The maximum Gasteiger partial charge on any atom is 0.326 e. The fourth-order valence-corrected chi connectivity index (χ4v) is 9.44. The molecule has 3 rings (SSSR count). The van der Waals surface area contributed by atoms with Crippen molar-refractivity contribution >= 4 is 82.9 Å². The molecule has 31 heteroatoms. The number of carboxylic acid groups (broad SMARTS) is 2. The Morgan fingerprint density at radius 1 is 0.605 bits per heavy atom. The van der Waals surface area contributed by atoms with Crippen LogP contribution in [0.4, 0.5) is 0 Å². The van der Waals surface area contributed by atoms with Gasteiger partial charge in [0.15, 0.2) is 5.96 Å². The SMILES string of the molecule is CC(C)CC(NC(=O)C1CCCN1C(=O)C(C)NC(=O)C(NC(=O)C1CCCN1)C(C)C)C(=O)NC(CCC(N)=O)C(=O)NC(CCCN=C(N)N)C(=O)NC(CO)C(=O)NCC(=O)N1CCCC1C(=O)NC(CCC(=O)O)C(=O)O. The standard InChI is InChI=1S/C50H83N15O16/c1-25(2)22-32(61-46(77)35-13-9-21-65(35)48(79)27(5)57-47(78)39(26(3)4)63-41(72)28-10-6-18-54-28)44(75)59-30(14-16-36(51)67)43(74)58-29(11-7-19-55-50(52)53)42(73)62-33(24-66)40(71)56-23-37(68)64-20-8-12-34(64)45(76)60-31(49(80)81)15-17-38(69)70/h25-35,39,54,66H,6-24H2,1-5H3,(H2,51,67)(H,56,71)(H,57,78)(H,58,74)(H,59,75)(H,60,76)(H,61,77)(H,62,73)(H,63,72)(H,69,70)(H,80,81)(H4,52,53,55). The zero-order valence-corrected chi connectivity index (χ0v) is 46.6. The van der Waals surface area contributed by atoms with Crippen LogP contribution in [0.2, 0.25) is 0 Å². The molecule has 3 fully saturated rings. The van der Waals surface area contributed by atoms with Crippen molar-refractivity contribution in [3.05, 3.63) is 0 Å². The first kappa shape index (κ1) is 67.6. The van der Waals surface area contributed by atoms with E-state index in [2.05, 4.69) is 52.8 Å². The van der Waals surface area contributed by atoms with E-state index in [9.17, 15) is 72.5 Å². The van der Waals surface area contributed by atoms with Gasteiger partial charge in [0.1, 0.15) is 54.4 Å². The highest BCUT2D eigenvalue weighted by Gasteiger charge is 2.41. The second kappa shape index (κ2) is 33.1. The number of guanidine groups is 1. The number of aliphatic hydroxyl groups is 1. The van der Waals surface area contributed by atoms with E-state index in [4.69, 9.17) is 22.3 Å². The Morgan fingerprint density at radius 3 is 1.69 bits per heavy atom. The van der Waals surface area contributed by atoms with Crippen LogP contribution in [0.15, 0.2) is 4.99 Å². The zero-order valence-electron chi connectivity index (χ0n) is 46.6. The first-order valence-electron chi connectivity index (χ1n) is 27.3. The number of aliphatic hydroxyl groups excluding tert-OH is 1. The van der Waals surface area contributed by atoms with Gasteiger partial charge in [-0.1, -0.05) is 27.7 Å². The van der Waals surface area contributed by atoms with Gasteiger partial charge in [-0.05, 0) is 95.9 Å². The third-order valence-corrected chi connectivity index (χ3v) is 13.8. The first-order valence-corrected chi connectivity index (χ1v) is 27.3. The molecule has 0 bridgehead atoms. The van der Waals surface area contributed by atoms with E-state index in [0.29, 0.717) is 25.8 Å². The van der Waals surface area contributed by atoms with Crippen LogP contribution in [0.25, 0.3) is 0 Å². The number of nitrogens with two attached hydrogens (primary N) is 3. The average molecular weight is 1150 g/mol. The van der Waals surface area contributed by atoms with Crippen molar-refractivity contribution in [3.63, 3.8) is 0 Å². The number of aliphatic carboxylic acids is 2. The van der Waals surface area contributed by atoms with E-state index in [1.54, 1.807) is 27.7 Å². The van der Waals surface area contributed by atoms with E-state index < -0.39 is 170 Å². The van der Waals surface area contributed by atoms with Gasteiger partial charge in [0.25, 0.3) is 0 Å². The number of amides is 11. The number of rotatable bonds is 33. The Labute approximate surface area is 468 Å². The second-order valence-corrected chi connectivity index (χ2v) is 21.1. The van der Waals surface area contributed by atoms with Gasteiger partial charge in [-0.2, -0.15) is 0 Å². The number of likely N-dealkylation sites (tertiary alicyclic amines) is 2. The molecule has 0 aromatic heterocycles. The molecule has 0 saturated carbocycles. The van der Waals surface area contributed by atoms with Crippen molar-refractivity contribution < 1.29 is 77.6 Å². The Hall–Kier alpha value is -7.70. The number of nitrogens with one attached hydrogen (secondary N) is 9. The minimum absolute atomic E-state index is 0.0247. The molecule has 0 radical (unpaired) electrons. The van der Waals surface area contributed by atoms with Crippen LogP contribution in [0.5, 0.6) is 0 Å². The van der Waals surface area contributed by atoms with Crippen LogP contribution in [0.3, 0.4) is 0 Å². The van der Waals surface area contributed by atoms with Crippen molar-refractivity contribution in [1.82, 2.24) is 57.7 Å². The summed E-state index contributed by atoms with van der Waals surface area (Å²) in [5.74, 6) is -12.3. The van der Waals surface area contributed by atoms with Crippen molar-refractivity contribution in [2.24, 2.45) is 34.0 Å². The summed E-state index contributed by atoms with van der Waals surface area (Å²) in [5, 5.41) is 51.7. The molecule has 10 atom stereocenters. The third kappa shape index (κ3) is 22.0. The van der Waals surface area contributed by atoms with E-state index in [0.717, 1.165) is 11.3 Å². The number of nitrogens with zero attached hydrogens (tertiary/aromatic N) is 3. The monoisotopic (exact) mass is 1150 g/mol. The molecule has 0 aliphatic carbocycles. The smallest absolute Gasteiger partial charge is 0.326 e. The van der Waals surface area contributed by atoms with Gasteiger partial charge in [0, 0.05) is 32.5 Å². The highest BCUT2D eigenvalue weighted by molar-refractivity contribution is 5.99. The highest BCUT2D eigenvalue weighted by atomic mass is 16.4. The van der Waals surface area contributed by atoms with Gasteiger partial charge in [-0.15, -0.1) is 0 Å². The molecule has 3 aliphatic rings. The number of hydrogen-bond acceptors (Lipinski definition) is 16. The normalized spacial score (nSPS) is 19.3. The predicted octanol–water partition coefficient (Wildman–Crippen LogP) is -5.79. The summed E-state index contributed by atoms with van der Waals surface area (Å²) in [5.41, 5.74) is 16.4. The summed E-state index contributed by atoms with van der Waals surface area (Å²) in [6.45, 7) is 7.53. The molecule has 3 aliphatic heterocycles. The first-order chi connectivity index (χ1) is 38.1. The lowest BCUT2D eigenvalue weighted by atomic mass is 10.0. The minimum Gasteiger partial charge on any atom is -0.481 e. The van der Waals surface area contributed by atoms with Crippen molar-refractivity contribution in [1.29, 1.82) is 0 Å². The van der Waals surface area contributed by atoms with E-state index in [1.165, 1.54) is 11.8 Å². The predicted molar refractivity (Wildman–Crippen MR) is 287 cm³/mol. The Bertz CT molecular complexity index is 2310. The average Bonchev–Trinajstić information content (AvgIpc) is 4.28. The lowest BCUT2D eigenvalue weighted by Crippen LogP contribution is -2.60. The van der Waals surface area contributed by atoms with Gasteiger partial charge in [0.05, 0.1) is 19.2 Å². The van der Waals surface area contributed by atoms with E-state index in [-0.39, 0.29) is 75.4 Å². The summed E-state index contributed by atoms with van der Waals surface area (Å²) in [4.78, 5) is 177. The topological polar surface area (TPSA) is 488 Å². The quantitative estimate of drug-likeness (QED) is 0.0165. The molecule has 0 spiro atoms. The van der Waals surface area contributed by atoms with Crippen LogP contribution in [-0.2, 0) is 62.3 Å². The molecule has 10 unspecified atom stereocenters. The molecule has 3 saturated heterocycles. The highest BCUT2D eigenvalue weighted by Crippen LogP contribution is 2.21. The Morgan fingerprint density at radius 2 is 1.16 bits per heavy atom. The Kier molecular flexibility index (Phi) is 27.7. The maximum absolute atomic E-state index is 14.2. The minimum atomic E-state index is -1.74. The zero-order chi connectivity index (χ0) is 60.7. The molecule has 0 aromatic carbocycles. The van der Waals surface area contributed by atoms with Gasteiger partial charge >= 0.3 is 11.9 Å². The van der Waals surface area contributed by atoms with Crippen molar-refractivity contribution in [2.75, 3.05) is 39.3 Å². The number of aliphatic imine (C=N–C) groups is 1. The largest absolute Gasteiger partial charge is 0.481 e. The number of carbonyl (C=O) groups excluding carboxylic acids is 11.